The van der Waals surface area contributed by atoms with Crippen LogP contribution < -0.4 is 10.1 Å². The molecule has 0 saturated heterocycles. The predicted octanol–water partition coefficient (Wildman–Crippen LogP) is 1.50. The maximum Gasteiger partial charge on any atom is 0.254 e. The fraction of sp³-hybridized carbons (Fsp3) is 0.278. The molecule has 0 aliphatic heterocycles. The summed E-state index contributed by atoms with van der Waals surface area (Å²) in [7, 11) is 0. The smallest absolute Gasteiger partial charge is 0.254 e. The molecule has 0 unspecified atom stereocenters. The highest BCUT2D eigenvalue weighted by molar-refractivity contribution is 5.94. The second kappa shape index (κ2) is 6.98. The minimum absolute atomic E-state index is 0.105. The molecule has 2 aromatic rings. The number of aliphatic hydroxyl groups excluding tert-OH is 2. The van der Waals surface area contributed by atoms with Gasteiger partial charge in [-0.3, -0.25) is 4.79 Å². The summed E-state index contributed by atoms with van der Waals surface area (Å²) in [4.78, 5) is 12.2. The van der Waals surface area contributed by atoms with E-state index in [-0.39, 0.29) is 12.0 Å². The Kier molecular flexibility index (Phi) is 4.78. The van der Waals surface area contributed by atoms with Gasteiger partial charge in [0, 0.05) is 6.42 Å². The molecule has 24 heavy (non-hydrogen) atoms. The lowest BCUT2D eigenvalue weighted by molar-refractivity contribution is -0.0135. The normalized spacial score (nSPS) is 26.1. The molecule has 5 nitrogen and oxygen atoms in total. The van der Waals surface area contributed by atoms with Gasteiger partial charge in [-0.2, -0.15) is 0 Å². The van der Waals surface area contributed by atoms with Crippen LogP contribution in [0.5, 0.6) is 5.75 Å². The van der Waals surface area contributed by atoms with Crippen LogP contribution in [0.1, 0.15) is 16.8 Å². The Morgan fingerprint density at radius 3 is 2.42 bits per heavy atom. The Labute approximate surface area is 138 Å². The number of amides is 1. The van der Waals surface area contributed by atoms with Gasteiger partial charge in [0.15, 0.2) is 0 Å². The summed E-state index contributed by atoms with van der Waals surface area (Å²) in [6, 6.07) is 13.8. The average Bonchev–Trinajstić information content (AvgIpc) is 2.84. The summed E-state index contributed by atoms with van der Waals surface area (Å²) in [5, 5.41) is 22.8. The van der Waals surface area contributed by atoms with E-state index >= 15 is 0 Å². The zero-order valence-electron chi connectivity index (χ0n) is 12.8. The van der Waals surface area contributed by atoms with Crippen LogP contribution in [0.25, 0.3) is 0 Å². The van der Waals surface area contributed by atoms with Crippen molar-refractivity contribution < 1.29 is 24.1 Å². The van der Waals surface area contributed by atoms with Crippen molar-refractivity contribution in [3.8, 4) is 5.75 Å². The quantitative estimate of drug-likeness (QED) is 0.793. The SMILES string of the molecule is O=C(N[C@@H]1C[C@@H](Oc2ccccc2)[C@H](O)[C@H]1O)c1ccccc1F. The van der Waals surface area contributed by atoms with Crippen molar-refractivity contribution in [3.05, 3.63) is 66.0 Å². The highest BCUT2D eigenvalue weighted by Gasteiger charge is 2.43. The van der Waals surface area contributed by atoms with E-state index in [0.717, 1.165) is 0 Å². The minimum Gasteiger partial charge on any atom is -0.488 e. The standard InChI is InChI=1S/C18H18FNO4/c19-13-9-5-4-8-12(13)18(23)20-14-10-15(17(22)16(14)21)24-11-6-2-1-3-7-11/h1-9,14-17,21-22H,10H2,(H,20,23)/t14-,15-,16+,17+/m1/s1. The fourth-order valence-electron chi connectivity index (χ4n) is 2.81. The van der Waals surface area contributed by atoms with Gasteiger partial charge < -0.3 is 20.3 Å². The number of carbonyl (C=O) groups is 1. The van der Waals surface area contributed by atoms with Crippen molar-refractivity contribution >= 4 is 5.91 Å². The lowest BCUT2D eigenvalue weighted by Crippen LogP contribution is -2.43. The third-order valence-corrected chi connectivity index (χ3v) is 4.09. The number of para-hydroxylation sites is 1. The molecule has 3 N–H and O–H groups in total. The first kappa shape index (κ1) is 16.4. The van der Waals surface area contributed by atoms with E-state index in [1.807, 2.05) is 6.07 Å². The van der Waals surface area contributed by atoms with Gasteiger partial charge in [0.05, 0.1) is 11.6 Å². The molecule has 0 spiro atoms. The third-order valence-electron chi connectivity index (χ3n) is 4.09. The first-order valence-corrected chi connectivity index (χ1v) is 7.69. The molecular weight excluding hydrogens is 313 g/mol. The second-order valence-electron chi connectivity index (χ2n) is 5.75. The number of halogens is 1. The van der Waals surface area contributed by atoms with Crippen LogP contribution in [0.4, 0.5) is 4.39 Å². The van der Waals surface area contributed by atoms with Crippen molar-refractivity contribution in [3.63, 3.8) is 0 Å². The van der Waals surface area contributed by atoms with E-state index in [4.69, 9.17) is 4.74 Å². The van der Waals surface area contributed by atoms with Gasteiger partial charge >= 0.3 is 0 Å². The van der Waals surface area contributed by atoms with Gasteiger partial charge in [-0.1, -0.05) is 30.3 Å². The molecule has 0 aromatic heterocycles. The molecule has 0 radical (unpaired) electrons. The summed E-state index contributed by atoms with van der Waals surface area (Å²) in [6.45, 7) is 0. The van der Waals surface area contributed by atoms with Crippen molar-refractivity contribution in [2.45, 2.75) is 30.8 Å². The summed E-state index contributed by atoms with van der Waals surface area (Å²) >= 11 is 0. The summed E-state index contributed by atoms with van der Waals surface area (Å²) in [5.41, 5.74) is -0.105. The maximum atomic E-state index is 13.7. The van der Waals surface area contributed by atoms with Crippen molar-refractivity contribution in [1.82, 2.24) is 5.32 Å². The number of hydrogen-bond donors (Lipinski definition) is 3. The van der Waals surface area contributed by atoms with Crippen molar-refractivity contribution in [2.24, 2.45) is 0 Å². The summed E-state index contributed by atoms with van der Waals surface area (Å²) in [6.07, 6.45) is -2.77. The van der Waals surface area contributed by atoms with Crippen LogP contribution in [-0.2, 0) is 0 Å². The zero-order chi connectivity index (χ0) is 17.1. The molecule has 4 atom stereocenters. The number of hydrogen-bond acceptors (Lipinski definition) is 4. The van der Waals surface area contributed by atoms with E-state index in [1.54, 1.807) is 30.3 Å². The van der Waals surface area contributed by atoms with E-state index in [2.05, 4.69) is 5.32 Å². The monoisotopic (exact) mass is 331 g/mol. The Morgan fingerprint density at radius 1 is 1.04 bits per heavy atom. The molecule has 1 amide bonds. The Morgan fingerprint density at radius 2 is 1.71 bits per heavy atom. The van der Waals surface area contributed by atoms with Gasteiger partial charge in [-0.25, -0.2) is 4.39 Å². The van der Waals surface area contributed by atoms with Crippen molar-refractivity contribution in [2.75, 3.05) is 0 Å². The van der Waals surface area contributed by atoms with Crippen LogP contribution in [0.2, 0.25) is 0 Å². The Bertz CT molecular complexity index is 709. The van der Waals surface area contributed by atoms with Gasteiger partial charge in [0.2, 0.25) is 0 Å². The van der Waals surface area contributed by atoms with Crippen LogP contribution in [-0.4, -0.2) is 40.5 Å². The molecule has 0 heterocycles. The maximum absolute atomic E-state index is 13.7. The molecule has 1 aliphatic rings. The molecule has 1 aliphatic carbocycles. The molecule has 126 valence electrons. The fourth-order valence-corrected chi connectivity index (χ4v) is 2.81. The summed E-state index contributed by atoms with van der Waals surface area (Å²) < 4.78 is 19.3. The molecule has 0 bridgehead atoms. The largest absolute Gasteiger partial charge is 0.488 e. The zero-order valence-corrected chi connectivity index (χ0v) is 12.8. The van der Waals surface area contributed by atoms with Crippen molar-refractivity contribution in [1.29, 1.82) is 0 Å². The molecular formula is C18H18FNO4. The van der Waals surface area contributed by atoms with E-state index in [1.165, 1.54) is 18.2 Å². The predicted molar refractivity (Wildman–Crippen MR) is 85.1 cm³/mol. The number of benzene rings is 2. The van der Waals surface area contributed by atoms with Gasteiger partial charge in [-0.15, -0.1) is 0 Å². The molecule has 6 heteroatoms. The number of carbonyl (C=O) groups excluding carboxylic acids is 1. The topological polar surface area (TPSA) is 78.8 Å². The highest BCUT2D eigenvalue weighted by Crippen LogP contribution is 2.26. The number of nitrogens with one attached hydrogen (secondary N) is 1. The molecule has 3 rings (SSSR count). The van der Waals surface area contributed by atoms with E-state index in [0.29, 0.717) is 5.75 Å². The van der Waals surface area contributed by atoms with Gasteiger partial charge in [0.25, 0.3) is 5.91 Å². The van der Waals surface area contributed by atoms with E-state index in [9.17, 15) is 19.4 Å². The summed E-state index contributed by atoms with van der Waals surface area (Å²) in [5.74, 6) is -0.709. The lowest BCUT2D eigenvalue weighted by atomic mass is 10.1. The number of aliphatic hydroxyl groups is 2. The first-order chi connectivity index (χ1) is 11.6. The molecule has 2 aromatic carbocycles. The minimum atomic E-state index is -1.19. The van der Waals surface area contributed by atoms with Crippen LogP contribution in [0, 0.1) is 5.82 Å². The highest BCUT2D eigenvalue weighted by atomic mass is 19.1. The van der Waals surface area contributed by atoms with Gasteiger partial charge in [0.1, 0.15) is 29.9 Å². The average molecular weight is 331 g/mol. The van der Waals surface area contributed by atoms with Gasteiger partial charge in [-0.05, 0) is 24.3 Å². The Hall–Kier alpha value is -2.44. The number of rotatable bonds is 4. The van der Waals surface area contributed by atoms with Crippen LogP contribution in [0.15, 0.2) is 54.6 Å². The lowest BCUT2D eigenvalue weighted by Gasteiger charge is -2.18. The first-order valence-electron chi connectivity index (χ1n) is 7.69. The Balaban J connectivity index is 1.67. The molecule has 1 fully saturated rings. The van der Waals surface area contributed by atoms with E-state index < -0.39 is 36.1 Å². The third kappa shape index (κ3) is 3.39. The molecule has 1 saturated carbocycles. The van der Waals surface area contributed by atoms with Crippen LogP contribution >= 0.6 is 0 Å². The number of ether oxygens (including phenoxy) is 1. The second-order valence-corrected chi connectivity index (χ2v) is 5.75. The van der Waals surface area contributed by atoms with Crippen LogP contribution in [0.3, 0.4) is 0 Å².